The van der Waals surface area contributed by atoms with E-state index in [4.69, 9.17) is 0 Å². The van der Waals surface area contributed by atoms with Gasteiger partial charge in [-0.1, -0.05) is 0 Å². The van der Waals surface area contributed by atoms with Crippen molar-refractivity contribution in [3.05, 3.63) is 16.1 Å². The second-order valence-electron chi connectivity index (χ2n) is 2.81. The summed E-state index contributed by atoms with van der Waals surface area (Å²) in [7, 11) is -3.11. The van der Waals surface area contributed by atoms with Gasteiger partial charge in [0, 0.05) is 19.3 Å². The van der Waals surface area contributed by atoms with Gasteiger partial charge in [-0.15, -0.1) is 0 Å². The van der Waals surface area contributed by atoms with E-state index in [1.54, 1.807) is 6.20 Å². The summed E-state index contributed by atoms with van der Waals surface area (Å²) in [6.45, 7) is 0.818. The molecule has 1 rings (SSSR count). The molecule has 0 radical (unpaired) electrons. The highest BCUT2D eigenvalue weighted by molar-refractivity contribution is 14.1. The van der Waals surface area contributed by atoms with Gasteiger partial charge in [0.05, 0.1) is 9.83 Å². The number of aromatic nitrogens is 2. The number of hydrogen-bond acceptors (Lipinski definition) is 5. The number of sulfonamides is 1. The van der Waals surface area contributed by atoms with Crippen LogP contribution < -0.4 is 10.0 Å². The van der Waals surface area contributed by atoms with Crippen LogP contribution in [0.2, 0.25) is 0 Å². The molecule has 1 heterocycles. The van der Waals surface area contributed by atoms with Gasteiger partial charge in [0.2, 0.25) is 10.0 Å². The van der Waals surface area contributed by atoms with Crippen molar-refractivity contribution >= 4 is 38.4 Å². The normalized spacial score (nSPS) is 11.3. The molecule has 1 aromatic heterocycles. The van der Waals surface area contributed by atoms with Crippen molar-refractivity contribution in [2.24, 2.45) is 0 Å². The summed E-state index contributed by atoms with van der Waals surface area (Å²) in [5.41, 5.74) is 0. The molecule has 0 amide bonds. The average molecular weight is 342 g/mol. The largest absolute Gasteiger partial charge is 0.368 e. The van der Waals surface area contributed by atoms with Crippen molar-refractivity contribution in [1.82, 2.24) is 14.7 Å². The third-order valence-corrected chi connectivity index (χ3v) is 2.97. The van der Waals surface area contributed by atoms with Gasteiger partial charge in [-0.3, -0.25) is 0 Å². The summed E-state index contributed by atoms with van der Waals surface area (Å²) in [5, 5.41) is 3.00. The molecule has 0 bridgehead atoms. The van der Waals surface area contributed by atoms with E-state index in [0.717, 1.165) is 9.83 Å². The highest BCUT2D eigenvalue weighted by Gasteiger charge is 2.01. The number of halogens is 1. The van der Waals surface area contributed by atoms with E-state index >= 15 is 0 Å². The minimum atomic E-state index is -3.11. The predicted octanol–water partition coefficient (Wildman–Crippen LogP) is 0.0423. The van der Waals surface area contributed by atoms with Crippen molar-refractivity contribution in [1.29, 1.82) is 0 Å². The monoisotopic (exact) mass is 342 g/mol. The van der Waals surface area contributed by atoms with Crippen LogP contribution in [-0.2, 0) is 10.0 Å². The molecular weight excluding hydrogens is 331 g/mol. The molecule has 0 unspecified atom stereocenters. The Kier molecular flexibility index (Phi) is 4.67. The molecule has 0 atom stereocenters. The van der Waals surface area contributed by atoms with Gasteiger partial charge in [-0.2, -0.15) is 0 Å². The smallest absolute Gasteiger partial charge is 0.208 e. The first-order valence-electron chi connectivity index (χ1n) is 4.13. The van der Waals surface area contributed by atoms with Crippen molar-refractivity contribution in [3.8, 4) is 0 Å². The van der Waals surface area contributed by atoms with E-state index < -0.39 is 10.0 Å². The van der Waals surface area contributed by atoms with Gasteiger partial charge in [-0.05, 0) is 22.6 Å². The van der Waals surface area contributed by atoms with Crippen LogP contribution in [0, 0.1) is 3.57 Å². The van der Waals surface area contributed by atoms with Crippen LogP contribution in [0.5, 0.6) is 0 Å². The topological polar surface area (TPSA) is 84.0 Å². The highest BCUT2D eigenvalue weighted by Crippen LogP contribution is 2.11. The molecule has 0 saturated carbocycles. The van der Waals surface area contributed by atoms with Crippen molar-refractivity contribution in [2.45, 2.75) is 0 Å². The second-order valence-corrected chi connectivity index (χ2v) is 5.81. The maximum absolute atomic E-state index is 10.7. The summed E-state index contributed by atoms with van der Waals surface area (Å²) in [4.78, 5) is 7.85. The molecule has 6 nitrogen and oxygen atoms in total. The van der Waals surface area contributed by atoms with Crippen LogP contribution in [0.4, 0.5) is 5.82 Å². The zero-order valence-electron chi connectivity index (χ0n) is 8.07. The van der Waals surface area contributed by atoms with Crippen LogP contribution in [0.15, 0.2) is 12.5 Å². The van der Waals surface area contributed by atoms with Crippen LogP contribution in [0.3, 0.4) is 0 Å². The standard InChI is InChI=1S/C7H11IN4O2S/c1-15(13,14)12-3-2-10-7-6(8)4-9-5-11-7/h4-5,12H,2-3H2,1H3,(H,9,10,11). The maximum atomic E-state index is 10.7. The summed E-state index contributed by atoms with van der Waals surface area (Å²) in [6.07, 6.45) is 4.25. The lowest BCUT2D eigenvalue weighted by Gasteiger charge is -2.06. The molecule has 0 saturated heterocycles. The summed E-state index contributed by atoms with van der Waals surface area (Å²) in [5.74, 6) is 0.709. The lowest BCUT2D eigenvalue weighted by molar-refractivity contribution is 0.589. The highest BCUT2D eigenvalue weighted by atomic mass is 127. The predicted molar refractivity (Wildman–Crippen MR) is 66.1 cm³/mol. The van der Waals surface area contributed by atoms with Crippen LogP contribution >= 0.6 is 22.6 Å². The third kappa shape index (κ3) is 5.23. The van der Waals surface area contributed by atoms with Gasteiger partial charge in [0.1, 0.15) is 12.1 Å². The molecule has 1 aromatic rings. The van der Waals surface area contributed by atoms with E-state index in [-0.39, 0.29) is 0 Å². The van der Waals surface area contributed by atoms with Crippen molar-refractivity contribution < 1.29 is 8.42 Å². The molecule has 0 spiro atoms. The van der Waals surface area contributed by atoms with Gasteiger partial charge in [0.15, 0.2) is 0 Å². The SMILES string of the molecule is CS(=O)(=O)NCCNc1ncncc1I. The molecule has 0 aliphatic carbocycles. The summed E-state index contributed by atoms with van der Waals surface area (Å²) >= 11 is 2.10. The van der Waals surface area contributed by atoms with E-state index in [0.29, 0.717) is 18.9 Å². The molecule has 8 heteroatoms. The molecule has 15 heavy (non-hydrogen) atoms. The Balaban J connectivity index is 2.36. The number of nitrogens with one attached hydrogen (secondary N) is 2. The Morgan fingerprint density at radius 1 is 1.47 bits per heavy atom. The van der Waals surface area contributed by atoms with E-state index in [2.05, 4.69) is 42.6 Å². The van der Waals surface area contributed by atoms with Gasteiger partial charge >= 0.3 is 0 Å². The number of nitrogens with zero attached hydrogens (tertiary/aromatic N) is 2. The molecule has 0 fully saturated rings. The van der Waals surface area contributed by atoms with E-state index in [9.17, 15) is 8.42 Å². The van der Waals surface area contributed by atoms with E-state index in [1.165, 1.54) is 6.33 Å². The fourth-order valence-electron chi connectivity index (χ4n) is 0.860. The lowest BCUT2D eigenvalue weighted by atomic mass is 10.5. The van der Waals surface area contributed by atoms with Crippen molar-refractivity contribution in [3.63, 3.8) is 0 Å². The zero-order chi connectivity index (χ0) is 11.3. The quantitative estimate of drug-likeness (QED) is 0.583. The maximum Gasteiger partial charge on any atom is 0.208 e. The molecule has 0 aliphatic heterocycles. The lowest BCUT2D eigenvalue weighted by Crippen LogP contribution is -2.27. The van der Waals surface area contributed by atoms with Gasteiger partial charge in [-0.25, -0.2) is 23.1 Å². The van der Waals surface area contributed by atoms with Crippen molar-refractivity contribution in [2.75, 3.05) is 24.7 Å². The Hall–Kier alpha value is -0.480. The molecule has 84 valence electrons. The fourth-order valence-corrected chi connectivity index (χ4v) is 1.82. The zero-order valence-corrected chi connectivity index (χ0v) is 11.0. The van der Waals surface area contributed by atoms with Crippen LogP contribution in [0.1, 0.15) is 0 Å². The fraction of sp³-hybridized carbons (Fsp3) is 0.429. The summed E-state index contributed by atoms with van der Waals surface area (Å²) < 4.78 is 24.8. The van der Waals surface area contributed by atoms with Crippen LogP contribution in [-0.4, -0.2) is 37.7 Å². The number of rotatable bonds is 5. The molecule has 0 aliphatic rings. The Labute approximate surface area is 102 Å². The first-order chi connectivity index (χ1) is 6.99. The third-order valence-electron chi connectivity index (χ3n) is 1.45. The number of anilines is 1. The van der Waals surface area contributed by atoms with E-state index in [1.807, 2.05) is 0 Å². The Bertz CT molecular complexity index is 423. The summed E-state index contributed by atoms with van der Waals surface area (Å²) in [6, 6.07) is 0. The second kappa shape index (κ2) is 5.56. The molecule has 0 aromatic carbocycles. The number of hydrogen-bond donors (Lipinski definition) is 2. The van der Waals surface area contributed by atoms with Crippen LogP contribution in [0.25, 0.3) is 0 Å². The molecular formula is C7H11IN4O2S. The van der Waals surface area contributed by atoms with Gasteiger partial charge < -0.3 is 5.32 Å². The molecule has 2 N–H and O–H groups in total. The first-order valence-corrected chi connectivity index (χ1v) is 7.10. The van der Waals surface area contributed by atoms with Gasteiger partial charge in [0.25, 0.3) is 0 Å². The first kappa shape index (κ1) is 12.6. The Morgan fingerprint density at radius 3 is 2.80 bits per heavy atom. The minimum Gasteiger partial charge on any atom is -0.368 e. The average Bonchev–Trinajstić information content (AvgIpc) is 2.13. The Morgan fingerprint density at radius 2 is 2.20 bits per heavy atom. The minimum absolute atomic E-state index is 0.332.